The number of ether oxygens (including phenoxy) is 2. The Kier molecular flexibility index (Phi) is 47.9. The smallest absolute Gasteiger partial charge is 0.456 e. The Labute approximate surface area is 395 Å². The minimum absolute atomic E-state index is 0.145. The first-order chi connectivity index (χ1) is 31.2. The van der Waals surface area contributed by atoms with Crippen molar-refractivity contribution in [3.8, 4) is 0 Å². The number of hydrogen-bond acceptors (Lipinski definition) is 8. The number of Topliss-reactive ketones (excluding diaryl/α,β-unsaturated/α-hetero) is 1. The molecule has 0 radical (unpaired) electrons. The first kappa shape index (κ1) is 63.1. The van der Waals surface area contributed by atoms with Crippen molar-refractivity contribution in [2.24, 2.45) is 0 Å². The maximum Gasteiger partial charge on any atom is 0.470 e. The first-order valence-electron chi connectivity index (χ1n) is 27.6. The van der Waals surface area contributed by atoms with Crippen molar-refractivity contribution in [2.45, 2.75) is 309 Å². The Morgan fingerprint density at radius 1 is 0.469 bits per heavy atom. The Balaban J connectivity index is 4.95. The van der Waals surface area contributed by atoms with Gasteiger partial charge in [-0.2, -0.15) is 0 Å². The molecule has 2 unspecified atom stereocenters. The molecule has 10 nitrogen and oxygen atoms in total. The van der Waals surface area contributed by atoms with Crippen molar-refractivity contribution < 1.29 is 43.0 Å². The van der Waals surface area contributed by atoms with E-state index in [4.69, 9.17) is 14.0 Å². The fourth-order valence-electron chi connectivity index (χ4n) is 8.59. The fourth-order valence-corrected chi connectivity index (χ4v) is 9.11. The third kappa shape index (κ3) is 44.9. The zero-order chi connectivity index (χ0) is 47.0. The standard InChI is InChI=1S/C53H106NO9P/c1-4-7-10-13-16-19-22-25-28-31-34-37-40-43-46-61-53(51(48-55)62-52(57)45-42-39-36-33-30-27-24-21-18-15-12-9-6-3)54-47-50(63-64(58,59)60)49(56)44-41-38-35-32-29-26-23-20-17-14-11-8-5-2/h50-51,53-55H,4-48H2,1-3H3,(H2,58,59,60)/t50?,51-,53?/m0/s1. The van der Waals surface area contributed by atoms with Crippen LogP contribution >= 0.6 is 7.82 Å². The van der Waals surface area contributed by atoms with Gasteiger partial charge in [0.05, 0.1) is 6.61 Å². The molecule has 0 amide bonds. The van der Waals surface area contributed by atoms with Gasteiger partial charge in [-0.15, -0.1) is 0 Å². The molecule has 0 aromatic rings. The van der Waals surface area contributed by atoms with E-state index in [0.29, 0.717) is 19.4 Å². The molecule has 0 aliphatic rings. The van der Waals surface area contributed by atoms with Crippen molar-refractivity contribution in [2.75, 3.05) is 19.8 Å². The Hall–Kier alpha value is -0.870. The number of aliphatic hydroxyl groups excluding tert-OH is 1. The molecule has 0 heterocycles. The summed E-state index contributed by atoms with van der Waals surface area (Å²) in [6.45, 7) is 6.34. The third-order valence-electron chi connectivity index (χ3n) is 12.7. The molecule has 0 rings (SSSR count). The summed E-state index contributed by atoms with van der Waals surface area (Å²) in [6.07, 6.45) is 45.2. The predicted molar refractivity (Wildman–Crippen MR) is 268 cm³/mol. The molecule has 382 valence electrons. The summed E-state index contributed by atoms with van der Waals surface area (Å²) in [4.78, 5) is 45.6. The summed E-state index contributed by atoms with van der Waals surface area (Å²) in [5.74, 6) is -0.819. The normalized spacial score (nSPS) is 13.3. The topological polar surface area (TPSA) is 152 Å². The van der Waals surface area contributed by atoms with Gasteiger partial charge in [-0.3, -0.25) is 19.4 Å². The highest BCUT2D eigenvalue weighted by Crippen LogP contribution is 2.38. The summed E-state index contributed by atoms with van der Waals surface area (Å²) < 4.78 is 28.9. The highest BCUT2D eigenvalue weighted by atomic mass is 31.2. The Bertz CT molecular complexity index is 1040. The van der Waals surface area contributed by atoms with Crippen LogP contribution in [-0.4, -0.2) is 64.8 Å². The number of nitrogens with one attached hydrogen (secondary N) is 1. The first-order valence-corrected chi connectivity index (χ1v) is 29.1. The average molecular weight is 932 g/mol. The van der Waals surface area contributed by atoms with Crippen LogP contribution in [0, 0.1) is 0 Å². The summed E-state index contributed by atoms with van der Waals surface area (Å²) in [7, 11) is -4.98. The van der Waals surface area contributed by atoms with Crippen LogP contribution in [0.4, 0.5) is 0 Å². The molecule has 0 saturated heterocycles. The van der Waals surface area contributed by atoms with Gasteiger partial charge < -0.3 is 24.4 Å². The zero-order valence-electron chi connectivity index (χ0n) is 42.3. The number of phosphoric ester groups is 1. The summed E-state index contributed by atoms with van der Waals surface area (Å²) in [5, 5.41) is 13.4. The summed E-state index contributed by atoms with van der Waals surface area (Å²) in [6, 6.07) is 0. The second-order valence-corrected chi connectivity index (χ2v) is 20.2. The summed E-state index contributed by atoms with van der Waals surface area (Å²) >= 11 is 0. The number of carbonyl (C=O) groups is 2. The van der Waals surface area contributed by atoms with E-state index < -0.39 is 44.6 Å². The van der Waals surface area contributed by atoms with E-state index in [0.717, 1.165) is 51.4 Å². The van der Waals surface area contributed by atoms with Gasteiger partial charge in [0.2, 0.25) is 0 Å². The number of carbonyl (C=O) groups excluding carboxylic acids is 2. The third-order valence-corrected chi connectivity index (χ3v) is 13.3. The lowest BCUT2D eigenvalue weighted by atomic mass is 10.0. The number of esters is 1. The number of aliphatic hydroxyl groups is 1. The van der Waals surface area contributed by atoms with Crippen LogP contribution < -0.4 is 5.32 Å². The second-order valence-electron chi connectivity index (χ2n) is 19.0. The second kappa shape index (κ2) is 48.6. The van der Waals surface area contributed by atoms with Gasteiger partial charge in [-0.1, -0.05) is 258 Å². The number of ketones is 1. The van der Waals surface area contributed by atoms with Gasteiger partial charge in [-0.25, -0.2) is 4.57 Å². The molecule has 3 atom stereocenters. The lowest BCUT2D eigenvalue weighted by Gasteiger charge is -2.28. The van der Waals surface area contributed by atoms with E-state index in [1.54, 1.807) is 0 Å². The van der Waals surface area contributed by atoms with E-state index in [1.165, 1.54) is 193 Å². The maximum atomic E-state index is 13.3. The predicted octanol–water partition coefficient (Wildman–Crippen LogP) is 15.3. The number of phosphoric acid groups is 1. The van der Waals surface area contributed by atoms with Crippen LogP contribution in [0.3, 0.4) is 0 Å². The molecule has 0 aliphatic carbocycles. The van der Waals surface area contributed by atoms with Gasteiger partial charge in [-0.05, 0) is 19.3 Å². The molecule has 0 aromatic heterocycles. The zero-order valence-corrected chi connectivity index (χ0v) is 43.2. The maximum absolute atomic E-state index is 13.3. The van der Waals surface area contributed by atoms with Crippen LogP contribution in [-0.2, 0) is 28.2 Å². The molecule has 0 saturated carbocycles. The average Bonchev–Trinajstić information content (AvgIpc) is 3.27. The van der Waals surface area contributed by atoms with Gasteiger partial charge in [0.15, 0.2) is 11.9 Å². The van der Waals surface area contributed by atoms with Gasteiger partial charge in [0.1, 0.15) is 12.3 Å². The number of unbranched alkanes of at least 4 members (excludes halogenated alkanes) is 37. The van der Waals surface area contributed by atoms with Crippen molar-refractivity contribution in [3.63, 3.8) is 0 Å². The van der Waals surface area contributed by atoms with E-state index >= 15 is 0 Å². The highest BCUT2D eigenvalue weighted by Gasteiger charge is 2.31. The van der Waals surface area contributed by atoms with Crippen LogP contribution in [0.25, 0.3) is 0 Å². The summed E-state index contributed by atoms with van der Waals surface area (Å²) in [5.41, 5.74) is 0. The van der Waals surface area contributed by atoms with Crippen LogP contribution in [0.1, 0.15) is 290 Å². The van der Waals surface area contributed by atoms with Crippen LogP contribution in [0.2, 0.25) is 0 Å². The van der Waals surface area contributed by atoms with E-state index in [9.17, 15) is 29.0 Å². The molecule has 0 aliphatic heterocycles. The SMILES string of the molecule is CCCCCCCCCCCCCCCCOC(NCC(OP(=O)(O)O)C(=O)CCCCCCCCCCCCCCC)[C@H](CO)OC(=O)CCCCCCCCCCCCCCC. The van der Waals surface area contributed by atoms with Gasteiger partial charge in [0.25, 0.3) is 0 Å². The molecule has 0 fully saturated rings. The molecule has 0 aromatic carbocycles. The van der Waals surface area contributed by atoms with Gasteiger partial charge >= 0.3 is 13.8 Å². The van der Waals surface area contributed by atoms with Crippen molar-refractivity contribution in [3.05, 3.63) is 0 Å². The molecule has 0 bridgehead atoms. The van der Waals surface area contributed by atoms with Crippen LogP contribution in [0.5, 0.6) is 0 Å². The van der Waals surface area contributed by atoms with E-state index in [1.807, 2.05) is 0 Å². The minimum atomic E-state index is -4.98. The van der Waals surface area contributed by atoms with E-state index in [-0.39, 0.29) is 19.4 Å². The van der Waals surface area contributed by atoms with E-state index in [2.05, 4.69) is 26.1 Å². The lowest BCUT2D eigenvalue weighted by molar-refractivity contribution is -0.164. The molecule has 11 heteroatoms. The largest absolute Gasteiger partial charge is 0.470 e. The molecular formula is C53H106NO9P. The number of hydrogen-bond donors (Lipinski definition) is 4. The van der Waals surface area contributed by atoms with Crippen molar-refractivity contribution in [1.82, 2.24) is 5.32 Å². The fraction of sp³-hybridized carbons (Fsp3) is 0.962. The molecule has 4 N–H and O–H groups in total. The highest BCUT2D eigenvalue weighted by molar-refractivity contribution is 7.46. The van der Waals surface area contributed by atoms with Crippen molar-refractivity contribution in [1.29, 1.82) is 0 Å². The minimum Gasteiger partial charge on any atom is -0.456 e. The molecular weight excluding hydrogens is 826 g/mol. The Morgan fingerprint density at radius 3 is 1.11 bits per heavy atom. The quantitative estimate of drug-likeness (QED) is 0.0201. The Morgan fingerprint density at radius 2 is 0.781 bits per heavy atom. The van der Waals surface area contributed by atoms with Crippen molar-refractivity contribution >= 4 is 19.6 Å². The molecule has 64 heavy (non-hydrogen) atoms. The number of rotatable bonds is 53. The monoisotopic (exact) mass is 932 g/mol. The van der Waals surface area contributed by atoms with Gasteiger partial charge in [0, 0.05) is 26.0 Å². The lowest BCUT2D eigenvalue weighted by Crippen LogP contribution is -2.50. The molecule has 0 spiro atoms. The van der Waals surface area contributed by atoms with Crippen LogP contribution in [0.15, 0.2) is 0 Å².